The van der Waals surface area contributed by atoms with E-state index >= 15 is 0 Å². The van der Waals surface area contributed by atoms with Crippen LogP contribution in [0.3, 0.4) is 0 Å². The Balaban J connectivity index is 0.000000214. The Morgan fingerprint density at radius 1 is 0.392 bits per heavy atom. The maximum atomic E-state index is 13.9. The molecule has 804 valence electrons. The molecule has 0 aliphatic carbocycles. The highest BCUT2D eigenvalue weighted by molar-refractivity contribution is 9.11. The van der Waals surface area contributed by atoms with Crippen LogP contribution >= 0.6 is 43.5 Å². The van der Waals surface area contributed by atoms with Crippen LogP contribution in [-0.2, 0) is 42.4 Å². The van der Waals surface area contributed by atoms with E-state index in [0.29, 0.717) is 135 Å². The summed E-state index contributed by atoms with van der Waals surface area (Å²) in [6.07, 6.45) is 8.67. The minimum atomic E-state index is -1.11. The summed E-state index contributed by atoms with van der Waals surface area (Å²) in [6.45, 7) is 58.4. The Kier molecular flexibility index (Phi) is 44.5. The number of halogens is 3. The van der Waals surface area contributed by atoms with E-state index in [4.69, 9.17) is 72.9 Å². The van der Waals surface area contributed by atoms with Crippen LogP contribution in [0.2, 0.25) is 0 Å². The molecule has 7 amide bonds. The second-order valence-corrected chi connectivity index (χ2v) is 45.0. The Morgan fingerprint density at radius 2 is 0.696 bits per heavy atom. The lowest BCUT2D eigenvalue weighted by molar-refractivity contribution is -0.165. The van der Waals surface area contributed by atoms with Crippen LogP contribution in [0.25, 0.3) is 0 Å². The molecule has 4 saturated heterocycles. The van der Waals surface area contributed by atoms with Crippen LogP contribution < -0.4 is 57.0 Å². The number of nitrogens with zero attached hydrogens (tertiary/aromatic N) is 3. The summed E-state index contributed by atoms with van der Waals surface area (Å²) in [4.78, 5) is 104. The monoisotopic (exact) mass is 2190 g/mol. The molecule has 0 saturated carbocycles. The average Bonchev–Trinajstić information content (AvgIpc) is 1.59. The largest absolute Gasteiger partial charge is 0.498 e. The molecule has 13 rings (SSSR count). The van der Waals surface area contributed by atoms with Crippen molar-refractivity contribution in [2.45, 2.75) is 304 Å². The van der Waals surface area contributed by atoms with Crippen molar-refractivity contribution in [3.8, 4) is 23.0 Å². The van der Waals surface area contributed by atoms with E-state index in [1.165, 1.54) is 15.0 Å². The minimum absolute atomic E-state index is 0.127. The number of rotatable bonds is 25. The van der Waals surface area contributed by atoms with Gasteiger partial charge in [0.05, 0.1) is 63.2 Å². The number of hydrazine groups is 4. The molecule has 4 fully saturated rings. The van der Waals surface area contributed by atoms with Gasteiger partial charge < -0.3 is 66.4 Å². The third-order valence-electron chi connectivity index (χ3n) is 24.9. The predicted octanol–water partition coefficient (Wildman–Crippen LogP) is 20.0. The van der Waals surface area contributed by atoms with Crippen LogP contribution in [0.5, 0.6) is 23.0 Å². The minimum Gasteiger partial charge on any atom is -0.491 e. The SMILES string of the molecule is Cc1c(C(=O)NNC(C)(C)C)ccc(Br)c1OCCOC1CCCCO1.Cc1cc(C)cc(C(=O)Cl)c1.Cc1cc(C)cc(C(=O)N(NC(=O)c2ccc(B3OC(C)(C)C(C)(C)O3)c(OCCOC3CCCCO3)c2C)C(C)(C)C)c1.Cc1cc(C)cc(C(=O)N(NC(=O)c2ccc(Br)c(OCCOC3CCCCO3)c2C)C(C)(C)C)c1.Cc1cc(C)cc(C(=O)N(NC(=O)c2ccc3c(c2C)OCCOB3O)C(C)(C)C)c1. The molecule has 148 heavy (non-hydrogen) atoms. The molecule has 0 spiro atoms. The van der Waals surface area contributed by atoms with Crippen LogP contribution in [0.1, 0.15) is 318 Å². The molecule has 0 aromatic heterocycles. The molecule has 0 radical (unpaired) electrons. The highest BCUT2D eigenvalue weighted by Gasteiger charge is 2.53. The maximum absolute atomic E-state index is 13.9. The van der Waals surface area contributed by atoms with Gasteiger partial charge in [0.25, 0.3) is 46.6 Å². The zero-order valence-electron chi connectivity index (χ0n) is 91.6. The summed E-state index contributed by atoms with van der Waals surface area (Å²) < 4.78 is 77.5. The van der Waals surface area contributed by atoms with Crippen molar-refractivity contribution in [1.29, 1.82) is 0 Å². The van der Waals surface area contributed by atoms with Gasteiger partial charge in [-0.15, -0.1) is 0 Å². The van der Waals surface area contributed by atoms with Crippen molar-refractivity contribution < 1.29 is 105 Å². The Labute approximate surface area is 897 Å². The van der Waals surface area contributed by atoms with Crippen LogP contribution in [0, 0.1) is 83.1 Å². The second kappa shape index (κ2) is 54.2. The quantitative estimate of drug-likeness (QED) is 0.0134. The van der Waals surface area contributed by atoms with Gasteiger partial charge in [-0.3, -0.25) is 60.1 Å². The third-order valence-corrected chi connectivity index (χ3v) is 26.4. The first-order chi connectivity index (χ1) is 69.3. The van der Waals surface area contributed by atoms with Gasteiger partial charge in [0.1, 0.15) is 49.4 Å². The van der Waals surface area contributed by atoms with Gasteiger partial charge in [0.15, 0.2) is 18.9 Å². The summed E-state index contributed by atoms with van der Waals surface area (Å²) in [5.74, 6) is -0.138. The van der Waals surface area contributed by atoms with Crippen molar-refractivity contribution in [2.24, 2.45) is 0 Å². The van der Waals surface area contributed by atoms with Crippen molar-refractivity contribution in [1.82, 2.24) is 42.2 Å². The standard InChI is InChI=1S/C34H49BN2O7.C28H37BrN2O5.C23H29BN2O5.C19H29BrN2O4.C9H9ClO/c1-22-19-23(2)21-25(20-22)31(39)37(32(4,5)6)36-30(38)26-14-15-27(35-43-33(7,8)34(9,10)44-35)29(24(26)3)42-18-17-41-28-13-11-12-16-40-28;1-18-15-19(2)17-21(16-18)27(33)31(28(4,5)6)30-26(32)22-10-11-23(29)25(20(22)3)36-14-13-35-24-9-7-8-12-34-24;1-14-11-15(2)13-17(12-14)22(28)26(23(4,5)6)25-21(27)18-7-8-19-20(16(18)3)30-9-10-31-24(19)29;1-13-14(18(23)21-22-19(2,3)4)8-9-15(20)17(13)26-12-11-25-16-7-5-6-10-24-16;1-6-3-7(2)5-8(4-6)9(10)11/h14-15,19-21,28H,11-13,16-18H2,1-10H3,(H,36,38);10-11,15-17,24H,7-9,12-14H2,1-6H3,(H,30,32);7-8,11-13,29H,9-10H2,1-6H3,(H,25,27);8-9,16,22H,5-7,10-12H2,1-4H3,(H,21,23);3-5H,1-2H3. The van der Waals surface area contributed by atoms with E-state index in [-0.39, 0.29) is 73.8 Å². The first-order valence-electron chi connectivity index (χ1n) is 50.6. The van der Waals surface area contributed by atoms with Gasteiger partial charge in [0, 0.05) is 103 Å². The molecule has 3 unspecified atom stereocenters. The zero-order chi connectivity index (χ0) is 109. The van der Waals surface area contributed by atoms with Crippen LogP contribution in [-0.4, -0.2) is 206 Å². The summed E-state index contributed by atoms with van der Waals surface area (Å²) in [6, 6.07) is 36.4. The van der Waals surface area contributed by atoms with Crippen molar-refractivity contribution in [2.75, 3.05) is 72.7 Å². The second-order valence-electron chi connectivity index (χ2n) is 43.0. The van der Waals surface area contributed by atoms with Crippen molar-refractivity contribution in [3.63, 3.8) is 0 Å². The van der Waals surface area contributed by atoms with Gasteiger partial charge in [-0.1, -0.05) is 80.9 Å². The van der Waals surface area contributed by atoms with Gasteiger partial charge in [-0.2, -0.15) is 0 Å². The average molecular weight is 2190 g/mol. The first-order valence-corrected chi connectivity index (χ1v) is 52.6. The van der Waals surface area contributed by atoms with Crippen LogP contribution in [0.4, 0.5) is 0 Å². The van der Waals surface area contributed by atoms with Gasteiger partial charge >= 0.3 is 14.2 Å². The molecule has 8 aromatic carbocycles. The van der Waals surface area contributed by atoms with Crippen LogP contribution in [0.15, 0.2) is 130 Å². The number of hydrogen-bond donors (Lipinski definition) is 6. The summed E-state index contributed by atoms with van der Waals surface area (Å²) in [5, 5.41) is 13.9. The maximum Gasteiger partial charge on any atom is 0.498 e. The van der Waals surface area contributed by atoms with E-state index in [9.17, 15) is 43.4 Å². The summed E-state index contributed by atoms with van der Waals surface area (Å²) in [7, 11) is -1.80. The van der Waals surface area contributed by atoms with E-state index in [2.05, 4.69) is 59.0 Å². The fourth-order valence-electron chi connectivity index (χ4n) is 16.8. The fraction of sp³-hybridized carbons (Fsp3) is 0.504. The molecule has 5 aliphatic rings. The number of ether oxygens (including phenoxy) is 10. The lowest BCUT2D eigenvalue weighted by Gasteiger charge is -2.36. The first kappa shape index (κ1) is 121. The Bertz CT molecular complexity index is 5860. The molecule has 8 aromatic rings. The number of benzene rings is 8. The smallest absolute Gasteiger partial charge is 0.491 e. The highest BCUT2D eigenvalue weighted by Crippen LogP contribution is 2.40. The number of carbonyl (C=O) groups excluding carboxylic acids is 8. The third kappa shape index (κ3) is 35.2. The van der Waals surface area contributed by atoms with E-state index in [1.807, 2.05) is 254 Å². The molecule has 0 bridgehead atoms. The molecule has 5 aliphatic heterocycles. The lowest BCUT2D eigenvalue weighted by Crippen LogP contribution is -2.56. The molecule has 35 heteroatoms. The molecular formula is C113H153B2Br2ClN8O22. The molecule has 3 atom stereocenters. The molecule has 5 heterocycles. The molecular weight excluding hydrogens is 2040 g/mol. The highest BCUT2D eigenvalue weighted by atomic mass is 79.9. The normalized spacial score (nSPS) is 16.4. The summed E-state index contributed by atoms with van der Waals surface area (Å²) in [5.41, 5.74) is 26.6. The topological polar surface area (TPSA) is 347 Å². The lowest BCUT2D eigenvalue weighted by atomic mass is 9.76. The zero-order valence-corrected chi connectivity index (χ0v) is 95.5. The number of aryl methyl sites for hydroxylation is 8. The van der Waals surface area contributed by atoms with Gasteiger partial charge in [-0.25, -0.2) is 20.5 Å². The van der Waals surface area contributed by atoms with Gasteiger partial charge in [0.2, 0.25) is 0 Å². The van der Waals surface area contributed by atoms with Crippen molar-refractivity contribution in [3.05, 3.63) is 242 Å². The number of carbonyl (C=O) groups is 8. The van der Waals surface area contributed by atoms with E-state index in [0.717, 1.165) is 130 Å². The summed E-state index contributed by atoms with van der Waals surface area (Å²) >= 11 is 12.3. The fourth-order valence-corrected chi connectivity index (χ4v) is 18.0. The number of nitrogens with one attached hydrogen (secondary N) is 5. The van der Waals surface area contributed by atoms with Crippen molar-refractivity contribution >= 4 is 115 Å². The predicted molar refractivity (Wildman–Crippen MR) is 584 cm³/mol. The van der Waals surface area contributed by atoms with E-state index in [1.54, 1.807) is 61.5 Å². The number of fused-ring (bicyclic) bond motifs is 1. The molecule has 6 N–H and O–H groups in total. The Morgan fingerprint density at radius 3 is 1.01 bits per heavy atom. The molecule has 30 nitrogen and oxygen atoms in total. The number of amides is 7. The Hall–Kier alpha value is -10.1. The number of hydrogen-bond acceptors (Lipinski definition) is 23. The van der Waals surface area contributed by atoms with E-state index < -0.39 is 59.1 Å². The van der Waals surface area contributed by atoms with Gasteiger partial charge in [-0.05, 0) is 380 Å².